The fourth-order valence-electron chi connectivity index (χ4n) is 2.51. The summed E-state index contributed by atoms with van der Waals surface area (Å²) in [6.07, 6.45) is 1.32. The Kier molecular flexibility index (Phi) is 5.06. The Morgan fingerprint density at radius 3 is 2.70 bits per heavy atom. The van der Waals surface area contributed by atoms with Gasteiger partial charge in [0.15, 0.2) is 5.82 Å². The zero-order chi connectivity index (χ0) is 17.2. The summed E-state index contributed by atoms with van der Waals surface area (Å²) in [4.78, 5) is 22.4. The van der Waals surface area contributed by atoms with Crippen LogP contribution in [0.4, 0.5) is 4.79 Å². The zero-order valence-electron chi connectivity index (χ0n) is 14.8. The molecular weight excluding hydrogens is 296 g/mol. The topological polar surface area (TPSA) is 80.8 Å². The minimum Gasteiger partial charge on any atom is -0.442 e. The number of aromatic nitrogens is 2. The molecule has 2 rings (SSSR count). The molecule has 7 nitrogen and oxygen atoms in total. The van der Waals surface area contributed by atoms with Gasteiger partial charge in [-0.1, -0.05) is 19.0 Å². The number of aliphatic imine (C=N–C) groups is 1. The Morgan fingerprint density at radius 1 is 1.43 bits per heavy atom. The Labute approximate surface area is 137 Å². The number of amidine groups is 1. The molecule has 0 unspecified atom stereocenters. The van der Waals surface area contributed by atoms with Crippen molar-refractivity contribution < 1.29 is 14.1 Å². The molecule has 1 aliphatic rings. The number of ether oxygens (including phenoxy) is 1. The summed E-state index contributed by atoms with van der Waals surface area (Å²) in [5, 5.41) is 4.02. The Morgan fingerprint density at radius 2 is 2.13 bits per heavy atom. The van der Waals surface area contributed by atoms with Crippen LogP contribution in [0.2, 0.25) is 0 Å². The summed E-state index contributed by atoms with van der Waals surface area (Å²) in [5.74, 6) is 2.13. The van der Waals surface area contributed by atoms with Gasteiger partial charge in [0.2, 0.25) is 5.89 Å². The average molecular weight is 322 g/mol. The lowest BCUT2D eigenvalue weighted by Gasteiger charge is -2.24. The van der Waals surface area contributed by atoms with Crippen molar-refractivity contribution in [1.82, 2.24) is 15.0 Å². The third-order valence-corrected chi connectivity index (χ3v) is 3.57. The molecule has 1 saturated heterocycles. The van der Waals surface area contributed by atoms with E-state index in [1.54, 1.807) is 0 Å². The van der Waals surface area contributed by atoms with E-state index in [0.717, 1.165) is 19.4 Å². The molecule has 1 atom stereocenters. The van der Waals surface area contributed by atoms with Crippen molar-refractivity contribution in [1.29, 1.82) is 0 Å². The van der Waals surface area contributed by atoms with Crippen LogP contribution in [0.25, 0.3) is 0 Å². The Bertz CT molecular complexity index is 586. The second-order valence-electron chi connectivity index (χ2n) is 7.14. The third-order valence-electron chi connectivity index (χ3n) is 3.57. The minimum absolute atomic E-state index is 0.0267. The highest BCUT2D eigenvalue weighted by molar-refractivity contribution is 5.90. The highest BCUT2D eigenvalue weighted by atomic mass is 16.6. The van der Waals surface area contributed by atoms with Crippen molar-refractivity contribution in [3.63, 3.8) is 0 Å². The molecule has 1 amide bonds. The molecule has 128 valence electrons. The summed E-state index contributed by atoms with van der Waals surface area (Å²) in [5.41, 5.74) is -0.552. The summed E-state index contributed by atoms with van der Waals surface area (Å²) >= 11 is 0. The molecule has 0 aromatic carbocycles. The number of amides is 1. The number of carbonyl (C=O) groups is 1. The predicted molar refractivity (Wildman–Crippen MR) is 86.4 cm³/mol. The van der Waals surface area contributed by atoms with Crippen molar-refractivity contribution in [3.05, 3.63) is 11.7 Å². The molecule has 0 aliphatic carbocycles. The van der Waals surface area contributed by atoms with E-state index in [2.05, 4.69) is 15.1 Å². The Hall–Kier alpha value is -1.92. The molecule has 0 radical (unpaired) electrons. The van der Waals surface area contributed by atoms with Crippen molar-refractivity contribution in [3.8, 4) is 0 Å². The van der Waals surface area contributed by atoms with Gasteiger partial charge in [0.1, 0.15) is 17.5 Å². The lowest BCUT2D eigenvalue weighted by Crippen LogP contribution is -2.30. The lowest BCUT2D eigenvalue weighted by molar-refractivity contribution is 0.0601. The molecular formula is C16H26N4O3. The number of carbonyl (C=O) groups excluding carboxylic acids is 1. The van der Waals surface area contributed by atoms with E-state index in [1.807, 2.05) is 46.4 Å². The average Bonchev–Trinajstić information content (AvgIpc) is 3.05. The summed E-state index contributed by atoms with van der Waals surface area (Å²) < 4.78 is 10.6. The maximum Gasteiger partial charge on any atom is 0.435 e. The SMILES string of the molecule is C/C(=N\C(=O)OC(C)(C)C)N1CCC[C@H]1c1nc(C(C)C)no1. The largest absolute Gasteiger partial charge is 0.442 e. The number of hydrogen-bond acceptors (Lipinski definition) is 5. The lowest BCUT2D eigenvalue weighted by atomic mass is 10.2. The van der Waals surface area contributed by atoms with Gasteiger partial charge in [-0.3, -0.25) is 0 Å². The standard InChI is InChI=1S/C16H26N4O3/c1-10(2)13-18-14(23-19-13)12-8-7-9-20(12)11(3)17-15(21)22-16(4,5)6/h10,12H,7-9H2,1-6H3/b17-11+/t12-/m0/s1. The van der Waals surface area contributed by atoms with Crippen LogP contribution in [0, 0.1) is 0 Å². The fourth-order valence-corrected chi connectivity index (χ4v) is 2.51. The van der Waals surface area contributed by atoms with Crippen molar-refractivity contribution in [2.24, 2.45) is 4.99 Å². The fraction of sp³-hybridized carbons (Fsp3) is 0.750. The van der Waals surface area contributed by atoms with Crippen molar-refractivity contribution in [2.75, 3.05) is 6.54 Å². The second kappa shape index (κ2) is 6.68. The van der Waals surface area contributed by atoms with Crippen molar-refractivity contribution >= 4 is 11.9 Å². The van der Waals surface area contributed by atoms with Crippen LogP contribution in [-0.2, 0) is 4.74 Å². The van der Waals surface area contributed by atoms with Gasteiger partial charge in [-0.2, -0.15) is 9.98 Å². The first kappa shape index (κ1) is 17.4. The second-order valence-corrected chi connectivity index (χ2v) is 7.14. The normalized spacial score (nSPS) is 19.5. The quantitative estimate of drug-likeness (QED) is 0.610. The van der Waals surface area contributed by atoms with E-state index in [0.29, 0.717) is 17.6 Å². The van der Waals surface area contributed by atoms with E-state index in [9.17, 15) is 4.79 Å². The maximum atomic E-state index is 11.9. The zero-order valence-corrected chi connectivity index (χ0v) is 14.8. The van der Waals surface area contributed by atoms with E-state index in [1.165, 1.54) is 0 Å². The van der Waals surface area contributed by atoms with Crippen LogP contribution >= 0.6 is 0 Å². The van der Waals surface area contributed by atoms with Crippen molar-refractivity contribution in [2.45, 2.75) is 71.9 Å². The first-order valence-electron chi connectivity index (χ1n) is 8.06. The van der Waals surface area contributed by atoms with Gasteiger partial charge in [0, 0.05) is 12.5 Å². The van der Waals surface area contributed by atoms with Gasteiger partial charge >= 0.3 is 6.09 Å². The molecule has 0 spiro atoms. The smallest absolute Gasteiger partial charge is 0.435 e. The molecule has 1 aliphatic heterocycles. The van der Waals surface area contributed by atoms with Gasteiger partial charge in [-0.25, -0.2) is 4.79 Å². The number of nitrogens with zero attached hydrogens (tertiary/aromatic N) is 4. The van der Waals surface area contributed by atoms with E-state index in [4.69, 9.17) is 9.26 Å². The minimum atomic E-state index is -0.575. The maximum absolute atomic E-state index is 11.9. The molecule has 1 aromatic rings. The predicted octanol–water partition coefficient (Wildman–Crippen LogP) is 3.68. The van der Waals surface area contributed by atoms with Gasteiger partial charge in [-0.05, 0) is 40.5 Å². The molecule has 2 heterocycles. The van der Waals surface area contributed by atoms with Crippen LogP contribution < -0.4 is 0 Å². The highest BCUT2D eigenvalue weighted by Gasteiger charge is 2.32. The van der Waals surface area contributed by atoms with Crippen LogP contribution in [-0.4, -0.2) is 39.1 Å². The highest BCUT2D eigenvalue weighted by Crippen LogP contribution is 2.31. The molecule has 1 aromatic heterocycles. The molecule has 1 fully saturated rings. The van der Waals surface area contributed by atoms with Crippen LogP contribution in [0.3, 0.4) is 0 Å². The Balaban J connectivity index is 2.12. The van der Waals surface area contributed by atoms with Crippen LogP contribution in [0.5, 0.6) is 0 Å². The third kappa shape index (κ3) is 4.53. The van der Waals surface area contributed by atoms with Gasteiger partial charge in [0.05, 0.1) is 0 Å². The molecule has 0 N–H and O–H groups in total. The molecule has 23 heavy (non-hydrogen) atoms. The first-order valence-corrected chi connectivity index (χ1v) is 8.06. The van der Waals surface area contributed by atoms with E-state index < -0.39 is 11.7 Å². The number of likely N-dealkylation sites (tertiary alicyclic amines) is 1. The number of rotatable bonds is 2. The summed E-state index contributed by atoms with van der Waals surface area (Å²) in [6.45, 7) is 12.1. The molecule has 7 heteroatoms. The van der Waals surface area contributed by atoms with Gasteiger partial charge in [-0.15, -0.1) is 0 Å². The van der Waals surface area contributed by atoms with Crippen LogP contribution in [0.15, 0.2) is 9.52 Å². The van der Waals surface area contributed by atoms with E-state index in [-0.39, 0.29) is 12.0 Å². The molecule has 0 saturated carbocycles. The van der Waals surface area contributed by atoms with E-state index >= 15 is 0 Å². The summed E-state index contributed by atoms with van der Waals surface area (Å²) in [6, 6.07) is -0.0267. The first-order chi connectivity index (χ1) is 10.7. The molecule has 0 bridgehead atoms. The van der Waals surface area contributed by atoms with Gasteiger partial charge in [0.25, 0.3) is 0 Å². The van der Waals surface area contributed by atoms with Crippen LogP contribution in [0.1, 0.15) is 78.1 Å². The monoisotopic (exact) mass is 322 g/mol. The van der Waals surface area contributed by atoms with Gasteiger partial charge < -0.3 is 14.2 Å². The number of hydrogen-bond donors (Lipinski definition) is 0. The summed E-state index contributed by atoms with van der Waals surface area (Å²) in [7, 11) is 0.